The van der Waals surface area contributed by atoms with E-state index in [0.29, 0.717) is 16.1 Å². The van der Waals surface area contributed by atoms with Gasteiger partial charge in [-0.2, -0.15) is 8.76 Å². The lowest BCUT2D eigenvalue weighted by atomic mass is 9.82. The van der Waals surface area contributed by atoms with Gasteiger partial charge in [-0.25, -0.2) is 4.21 Å². The van der Waals surface area contributed by atoms with Gasteiger partial charge >= 0.3 is 0 Å². The lowest BCUT2D eigenvalue weighted by Gasteiger charge is -2.22. The van der Waals surface area contributed by atoms with Crippen LogP contribution in [0.15, 0.2) is 129 Å². The molecule has 4 nitrogen and oxygen atoms in total. The van der Waals surface area contributed by atoms with Crippen LogP contribution in [0.4, 0.5) is 0 Å². The SMILES string of the molecule is CC1(C)c2ccccc2-c2cc3c4ccccc4n(C4=c5ccccc5=NS(=O)(c5ccccc5)=N4)c3cc21. The second-order valence-corrected chi connectivity index (χ2v) is 12.6. The minimum absolute atomic E-state index is 0.138. The molecule has 5 heteroatoms. The normalized spacial score (nSPS) is 18.8. The molecule has 0 amide bonds. The molecule has 2 heterocycles. The van der Waals surface area contributed by atoms with Crippen LogP contribution in [0.5, 0.6) is 0 Å². The molecule has 0 spiro atoms. The van der Waals surface area contributed by atoms with E-state index in [0.717, 1.165) is 27.0 Å². The van der Waals surface area contributed by atoms with Crippen LogP contribution in [0.25, 0.3) is 38.8 Å². The van der Waals surface area contributed by atoms with Crippen molar-refractivity contribution in [3.8, 4) is 11.1 Å². The first-order valence-electron chi connectivity index (χ1n) is 13.2. The number of hydrogen-bond acceptors (Lipinski definition) is 2. The van der Waals surface area contributed by atoms with Crippen LogP contribution < -0.4 is 10.6 Å². The van der Waals surface area contributed by atoms with E-state index in [1.54, 1.807) is 0 Å². The zero-order chi connectivity index (χ0) is 26.4. The lowest BCUT2D eigenvalue weighted by Crippen LogP contribution is -2.32. The van der Waals surface area contributed by atoms with Crippen molar-refractivity contribution >= 4 is 37.5 Å². The van der Waals surface area contributed by atoms with Crippen molar-refractivity contribution in [2.24, 2.45) is 8.76 Å². The Labute approximate surface area is 226 Å². The van der Waals surface area contributed by atoms with Gasteiger partial charge in [0.1, 0.15) is 0 Å². The fraction of sp³-hybridized carbons (Fsp3) is 0.0882. The Morgan fingerprint density at radius 2 is 1.38 bits per heavy atom. The molecule has 5 aromatic carbocycles. The molecule has 1 aliphatic heterocycles. The van der Waals surface area contributed by atoms with E-state index in [2.05, 4.69) is 79.1 Å². The summed E-state index contributed by atoms with van der Waals surface area (Å²) in [4.78, 5) is 0.607. The fourth-order valence-electron chi connectivity index (χ4n) is 6.32. The zero-order valence-electron chi connectivity index (χ0n) is 21.6. The second kappa shape index (κ2) is 7.78. The summed E-state index contributed by atoms with van der Waals surface area (Å²) < 4.78 is 26.3. The summed E-state index contributed by atoms with van der Waals surface area (Å²) in [5, 5.41) is 3.87. The van der Waals surface area contributed by atoms with Crippen LogP contribution in [-0.2, 0) is 15.3 Å². The molecule has 0 fully saturated rings. The predicted molar refractivity (Wildman–Crippen MR) is 158 cm³/mol. The molecule has 0 bridgehead atoms. The van der Waals surface area contributed by atoms with Gasteiger partial charge in [0.05, 0.1) is 21.3 Å². The zero-order valence-corrected chi connectivity index (χ0v) is 22.4. The van der Waals surface area contributed by atoms with Crippen LogP contribution >= 0.6 is 0 Å². The van der Waals surface area contributed by atoms with Gasteiger partial charge in [-0.3, -0.25) is 4.57 Å². The maximum absolute atomic E-state index is 14.4. The summed E-state index contributed by atoms with van der Waals surface area (Å²) in [6.45, 7) is 4.59. The standard InChI is InChI=1S/C34H25N3OS/c1-34(2)28-17-9-6-14-23(28)26-20-27-24-15-8-11-19-31(24)37(32(27)21-29(26)34)33-25-16-7-10-18-30(25)35-39(38,36-33)22-12-4-3-5-13-22/h3-21H,1-2H3. The molecule has 2 aliphatic rings. The van der Waals surface area contributed by atoms with Gasteiger partial charge in [0.2, 0.25) is 0 Å². The third kappa shape index (κ3) is 3.05. The molecule has 1 atom stereocenters. The Bertz CT molecular complexity index is 2250. The molecule has 1 unspecified atom stereocenters. The first-order valence-corrected chi connectivity index (χ1v) is 14.6. The van der Waals surface area contributed by atoms with Crippen molar-refractivity contribution in [1.29, 1.82) is 0 Å². The summed E-state index contributed by atoms with van der Waals surface area (Å²) in [5.41, 5.74) is 7.16. The van der Waals surface area contributed by atoms with Gasteiger partial charge in [0, 0.05) is 21.4 Å². The number of rotatable bonds is 2. The van der Waals surface area contributed by atoms with Crippen molar-refractivity contribution in [2.75, 3.05) is 0 Å². The first kappa shape index (κ1) is 22.5. The molecule has 0 saturated carbocycles. The number of nitrogens with zero attached hydrogens (tertiary/aromatic N) is 3. The van der Waals surface area contributed by atoms with Gasteiger partial charge < -0.3 is 0 Å². The summed E-state index contributed by atoms with van der Waals surface area (Å²) in [5.74, 6) is 0.661. The third-order valence-corrected chi connectivity index (χ3v) is 9.97. The van der Waals surface area contributed by atoms with Gasteiger partial charge in [0.25, 0.3) is 0 Å². The van der Waals surface area contributed by atoms with Crippen molar-refractivity contribution < 1.29 is 4.21 Å². The molecule has 1 aromatic heterocycles. The predicted octanol–water partition coefficient (Wildman–Crippen LogP) is 6.79. The Balaban J connectivity index is 1.54. The van der Waals surface area contributed by atoms with Crippen molar-refractivity contribution in [1.82, 2.24) is 4.57 Å². The monoisotopic (exact) mass is 523 g/mol. The minimum atomic E-state index is -3.08. The Morgan fingerprint density at radius 3 is 2.26 bits per heavy atom. The number of benzene rings is 5. The number of aromatic nitrogens is 1. The Morgan fingerprint density at radius 1 is 0.667 bits per heavy atom. The van der Waals surface area contributed by atoms with Gasteiger partial charge in [-0.15, -0.1) is 0 Å². The van der Waals surface area contributed by atoms with E-state index in [1.165, 1.54) is 22.3 Å². The molecule has 1 aliphatic carbocycles. The highest BCUT2D eigenvalue weighted by Crippen LogP contribution is 2.50. The summed E-state index contributed by atoms with van der Waals surface area (Å²) in [6, 6.07) is 39.1. The Kier molecular flexibility index (Phi) is 4.49. The van der Waals surface area contributed by atoms with Crippen LogP contribution in [0, 0.1) is 0 Å². The molecule has 8 rings (SSSR count). The summed E-state index contributed by atoms with van der Waals surface area (Å²) in [7, 11) is -3.08. The lowest BCUT2D eigenvalue weighted by molar-refractivity contribution is 0.661. The fourth-order valence-corrected chi connectivity index (χ4v) is 7.92. The van der Waals surface area contributed by atoms with Crippen LogP contribution in [0.1, 0.15) is 25.0 Å². The largest absolute Gasteiger partial charge is 0.293 e. The van der Waals surface area contributed by atoms with Crippen molar-refractivity contribution in [3.63, 3.8) is 0 Å². The van der Waals surface area contributed by atoms with E-state index >= 15 is 0 Å². The first-order chi connectivity index (χ1) is 19.0. The van der Waals surface area contributed by atoms with E-state index in [1.807, 2.05) is 54.6 Å². The quantitative estimate of drug-likeness (QED) is 0.246. The van der Waals surface area contributed by atoms with Crippen LogP contribution in [0.2, 0.25) is 0 Å². The molecule has 0 N–H and O–H groups in total. The molecule has 39 heavy (non-hydrogen) atoms. The van der Waals surface area contributed by atoms with Gasteiger partial charge in [-0.1, -0.05) is 86.6 Å². The van der Waals surface area contributed by atoms with Crippen molar-refractivity contribution in [2.45, 2.75) is 24.2 Å². The molecular formula is C34H25N3OS. The number of para-hydroxylation sites is 1. The highest BCUT2D eigenvalue weighted by atomic mass is 32.2. The van der Waals surface area contributed by atoms with E-state index in [4.69, 9.17) is 8.76 Å². The maximum atomic E-state index is 14.4. The van der Waals surface area contributed by atoms with E-state index in [9.17, 15) is 4.21 Å². The average Bonchev–Trinajstić information content (AvgIpc) is 3.41. The third-order valence-electron chi connectivity index (χ3n) is 8.22. The highest BCUT2D eigenvalue weighted by molar-refractivity contribution is 7.92. The van der Waals surface area contributed by atoms with E-state index in [-0.39, 0.29) is 5.41 Å². The van der Waals surface area contributed by atoms with Gasteiger partial charge in [0.15, 0.2) is 15.7 Å². The topological polar surface area (TPSA) is 46.7 Å². The highest BCUT2D eigenvalue weighted by Gasteiger charge is 2.36. The van der Waals surface area contributed by atoms with Gasteiger partial charge in [-0.05, 0) is 64.7 Å². The molecule has 188 valence electrons. The minimum Gasteiger partial charge on any atom is -0.293 e. The average molecular weight is 524 g/mol. The van der Waals surface area contributed by atoms with Crippen LogP contribution in [0.3, 0.4) is 0 Å². The number of fused-ring (bicyclic) bond motifs is 7. The van der Waals surface area contributed by atoms with Crippen LogP contribution in [-0.4, -0.2) is 8.78 Å². The Hall–Kier alpha value is -4.48. The summed E-state index contributed by atoms with van der Waals surface area (Å²) >= 11 is 0. The van der Waals surface area contributed by atoms with Crippen molar-refractivity contribution in [3.05, 3.63) is 137 Å². The molecule has 0 radical (unpaired) electrons. The molecule has 6 aromatic rings. The smallest absolute Gasteiger partial charge is 0.186 e. The molecule has 0 saturated heterocycles. The molecular weight excluding hydrogens is 498 g/mol. The second-order valence-electron chi connectivity index (χ2n) is 10.8. The number of hydrogen-bond donors (Lipinski definition) is 0. The van der Waals surface area contributed by atoms with E-state index < -0.39 is 9.92 Å². The maximum Gasteiger partial charge on any atom is 0.186 e. The summed E-state index contributed by atoms with van der Waals surface area (Å²) in [6.07, 6.45) is 0.